The van der Waals surface area contributed by atoms with Crippen molar-refractivity contribution in [2.75, 3.05) is 7.11 Å². The van der Waals surface area contributed by atoms with Crippen LogP contribution in [0.5, 0.6) is 5.75 Å². The van der Waals surface area contributed by atoms with Gasteiger partial charge in [-0.3, -0.25) is 0 Å². The molecule has 3 heteroatoms. The molecule has 0 saturated heterocycles. The van der Waals surface area contributed by atoms with Crippen LogP contribution in [-0.2, 0) is 6.42 Å². The molecule has 1 aromatic heterocycles. The Morgan fingerprint density at radius 3 is 2.88 bits per heavy atom. The lowest BCUT2D eigenvalue weighted by Gasteiger charge is -2.03. The van der Waals surface area contributed by atoms with Gasteiger partial charge in [-0.2, -0.15) is 0 Å². The minimum absolute atomic E-state index is 0.440. The minimum Gasteiger partial charge on any atom is -0.497 e. The molecule has 16 heavy (non-hydrogen) atoms. The molecule has 0 spiro atoms. The van der Waals surface area contributed by atoms with Crippen molar-refractivity contribution in [3.63, 3.8) is 0 Å². The van der Waals surface area contributed by atoms with Crippen molar-refractivity contribution in [3.05, 3.63) is 30.0 Å². The van der Waals surface area contributed by atoms with E-state index in [4.69, 9.17) is 4.74 Å². The number of hydrogen-bond acceptors (Lipinski definition) is 2. The predicted octanol–water partition coefficient (Wildman–Crippen LogP) is 2.24. The number of hydrogen-bond donors (Lipinski definition) is 2. The second-order valence-corrected chi connectivity index (χ2v) is 4.65. The maximum absolute atomic E-state index is 9.86. The van der Waals surface area contributed by atoms with Crippen molar-refractivity contribution in [2.24, 2.45) is 0 Å². The van der Waals surface area contributed by atoms with Crippen molar-refractivity contribution in [1.29, 1.82) is 0 Å². The first-order chi connectivity index (χ1) is 7.68. The van der Waals surface area contributed by atoms with Crippen LogP contribution in [0.4, 0.5) is 0 Å². The average Bonchev–Trinajstić information content (AvgIpc) is 2.86. The van der Waals surface area contributed by atoms with Crippen LogP contribution in [-0.4, -0.2) is 22.8 Å². The van der Waals surface area contributed by atoms with E-state index in [1.165, 1.54) is 5.39 Å². The van der Waals surface area contributed by atoms with Gasteiger partial charge in [-0.25, -0.2) is 0 Å². The highest BCUT2D eigenvalue weighted by atomic mass is 16.5. The number of fused-ring (bicyclic) bond motifs is 1. The fourth-order valence-electron chi connectivity index (χ4n) is 2.06. The quantitative estimate of drug-likeness (QED) is 0.828. The molecule has 1 aliphatic carbocycles. The summed E-state index contributed by atoms with van der Waals surface area (Å²) in [5.74, 6) is 0.853. The number of rotatable bonds is 3. The molecule has 3 nitrogen and oxygen atoms in total. The Kier molecular flexibility index (Phi) is 1.98. The molecular formula is C13H15NO2. The summed E-state index contributed by atoms with van der Waals surface area (Å²) < 4.78 is 5.18. The van der Waals surface area contributed by atoms with Crippen LogP contribution in [0.15, 0.2) is 24.3 Å². The molecule has 1 fully saturated rings. The van der Waals surface area contributed by atoms with Crippen molar-refractivity contribution < 1.29 is 9.84 Å². The summed E-state index contributed by atoms with van der Waals surface area (Å²) in [6, 6.07) is 8.07. The summed E-state index contributed by atoms with van der Waals surface area (Å²) in [5, 5.41) is 11.0. The molecule has 2 N–H and O–H groups in total. The van der Waals surface area contributed by atoms with Gasteiger partial charge in [-0.1, -0.05) is 0 Å². The number of aliphatic hydroxyl groups is 1. The Labute approximate surface area is 94.0 Å². The molecule has 2 aromatic rings. The molecular weight excluding hydrogens is 202 g/mol. The van der Waals surface area contributed by atoms with E-state index < -0.39 is 5.60 Å². The Morgan fingerprint density at radius 2 is 2.19 bits per heavy atom. The molecule has 0 amide bonds. The van der Waals surface area contributed by atoms with Crippen molar-refractivity contribution >= 4 is 10.9 Å². The van der Waals surface area contributed by atoms with Gasteiger partial charge in [-0.15, -0.1) is 0 Å². The lowest BCUT2D eigenvalue weighted by molar-refractivity contribution is 0.150. The summed E-state index contributed by atoms with van der Waals surface area (Å²) in [7, 11) is 1.66. The first-order valence-corrected chi connectivity index (χ1v) is 5.57. The van der Waals surface area contributed by atoms with E-state index in [-0.39, 0.29) is 0 Å². The van der Waals surface area contributed by atoms with Crippen LogP contribution in [0.2, 0.25) is 0 Å². The first-order valence-electron chi connectivity index (χ1n) is 5.57. The van der Waals surface area contributed by atoms with Gasteiger partial charge in [0, 0.05) is 23.7 Å². The topological polar surface area (TPSA) is 45.2 Å². The molecule has 1 aromatic carbocycles. The predicted molar refractivity (Wildman–Crippen MR) is 62.7 cm³/mol. The number of methoxy groups -OCH3 is 1. The molecule has 84 valence electrons. The van der Waals surface area contributed by atoms with E-state index >= 15 is 0 Å². The second kappa shape index (κ2) is 3.25. The molecule has 0 bridgehead atoms. The van der Waals surface area contributed by atoms with Crippen LogP contribution >= 0.6 is 0 Å². The zero-order valence-corrected chi connectivity index (χ0v) is 9.29. The zero-order chi connectivity index (χ0) is 11.2. The number of H-pyrrole nitrogens is 1. The standard InChI is InChI=1S/C13H15NO2/c1-16-11-3-2-9-6-10(14-12(9)7-11)8-13(15)4-5-13/h2-3,6-7,14-15H,4-5,8H2,1H3. The van der Waals surface area contributed by atoms with E-state index in [0.29, 0.717) is 0 Å². The summed E-state index contributed by atoms with van der Waals surface area (Å²) in [6.45, 7) is 0. The molecule has 1 saturated carbocycles. The fourth-order valence-corrected chi connectivity index (χ4v) is 2.06. The van der Waals surface area contributed by atoms with Gasteiger partial charge in [0.05, 0.1) is 12.7 Å². The van der Waals surface area contributed by atoms with Gasteiger partial charge in [0.25, 0.3) is 0 Å². The molecule has 0 aliphatic heterocycles. The summed E-state index contributed by atoms with van der Waals surface area (Å²) in [5.41, 5.74) is 1.73. The second-order valence-electron chi connectivity index (χ2n) is 4.65. The van der Waals surface area contributed by atoms with Crippen molar-refractivity contribution in [2.45, 2.75) is 24.9 Å². The number of aromatic nitrogens is 1. The lowest BCUT2D eigenvalue weighted by atomic mass is 10.1. The maximum atomic E-state index is 9.86. The monoisotopic (exact) mass is 217 g/mol. The molecule has 0 radical (unpaired) electrons. The average molecular weight is 217 g/mol. The third-order valence-corrected chi connectivity index (χ3v) is 3.23. The fraction of sp³-hybridized carbons (Fsp3) is 0.385. The summed E-state index contributed by atoms with van der Waals surface area (Å²) >= 11 is 0. The SMILES string of the molecule is COc1ccc2cc(CC3(O)CC3)[nH]c2c1. The molecule has 0 unspecified atom stereocenters. The molecule has 3 rings (SSSR count). The largest absolute Gasteiger partial charge is 0.497 e. The lowest BCUT2D eigenvalue weighted by Crippen LogP contribution is -2.10. The molecule has 1 heterocycles. The maximum Gasteiger partial charge on any atom is 0.120 e. The highest BCUT2D eigenvalue weighted by Crippen LogP contribution is 2.38. The third kappa shape index (κ3) is 1.67. The number of aromatic amines is 1. The highest BCUT2D eigenvalue weighted by molar-refractivity contribution is 5.81. The van der Waals surface area contributed by atoms with Gasteiger partial charge in [0.15, 0.2) is 0 Å². The van der Waals surface area contributed by atoms with Crippen LogP contribution in [0, 0.1) is 0 Å². The third-order valence-electron chi connectivity index (χ3n) is 3.23. The normalized spacial score (nSPS) is 17.6. The minimum atomic E-state index is -0.440. The molecule has 0 atom stereocenters. The van der Waals surface area contributed by atoms with Crippen LogP contribution in [0.25, 0.3) is 10.9 Å². The van der Waals surface area contributed by atoms with E-state index in [0.717, 1.165) is 36.2 Å². The Balaban J connectivity index is 1.95. The smallest absolute Gasteiger partial charge is 0.120 e. The number of nitrogens with one attached hydrogen (secondary N) is 1. The van der Waals surface area contributed by atoms with Crippen LogP contribution in [0.3, 0.4) is 0 Å². The van der Waals surface area contributed by atoms with Crippen molar-refractivity contribution in [3.8, 4) is 5.75 Å². The number of benzene rings is 1. The number of ether oxygens (including phenoxy) is 1. The van der Waals surface area contributed by atoms with Gasteiger partial charge < -0.3 is 14.8 Å². The Morgan fingerprint density at radius 1 is 1.38 bits per heavy atom. The van der Waals surface area contributed by atoms with E-state index in [1.54, 1.807) is 7.11 Å². The zero-order valence-electron chi connectivity index (χ0n) is 9.29. The summed E-state index contributed by atoms with van der Waals surface area (Å²) in [6.07, 6.45) is 2.57. The summed E-state index contributed by atoms with van der Waals surface area (Å²) in [4.78, 5) is 3.33. The van der Waals surface area contributed by atoms with E-state index in [1.807, 2.05) is 18.2 Å². The van der Waals surface area contributed by atoms with E-state index in [9.17, 15) is 5.11 Å². The van der Waals surface area contributed by atoms with E-state index in [2.05, 4.69) is 11.1 Å². The highest BCUT2D eigenvalue weighted by Gasteiger charge is 2.40. The van der Waals surface area contributed by atoms with Crippen LogP contribution < -0.4 is 4.74 Å². The molecule has 1 aliphatic rings. The Hall–Kier alpha value is -1.48. The van der Waals surface area contributed by atoms with Crippen molar-refractivity contribution in [1.82, 2.24) is 4.98 Å². The van der Waals surface area contributed by atoms with Gasteiger partial charge >= 0.3 is 0 Å². The van der Waals surface area contributed by atoms with Gasteiger partial charge in [-0.05, 0) is 36.4 Å². The van der Waals surface area contributed by atoms with Gasteiger partial charge in [0.1, 0.15) is 5.75 Å². The first kappa shape index (κ1) is 9.73. The van der Waals surface area contributed by atoms with Crippen LogP contribution in [0.1, 0.15) is 18.5 Å². The Bertz CT molecular complexity index is 526. The van der Waals surface area contributed by atoms with Gasteiger partial charge in [0.2, 0.25) is 0 Å².